The molecular formula is C17H18O4. The van der Waals surface area contributed by atoms with E-state index in [4.69, 9.17) is 4.74 Å². The molecule has 0 radical (unpaired) electrons. The molecule has 3 aliphatic rings. The van der Waals surface area contributed by atoms with Gasteiger partial charge >= 0.3 is 5.97 Å². The molecule has 4 rings (SSSR count). The number of esters is 1. The molecule has 2 aliphatic carbocycles. The normalized spacial score (nSPS) is 26.5. The number of aliphatic hydroxyl groups is 1. The lowest BCUT2D eigenvalue weighted by atomic mass is 9.74. The second-order valence-electron chi connectivity index (χ2n) is 5.09. The van der Waals surface area contributed by atoms with Gasteiger partial charge < -0.3 is 14.6 Å². The van der Waals surface area contributed by atoms with Crippen LogP contribution in [0.3, 0.4) is 0 Å². The Hall–Kier alpha value is -1.91. The summed E-state index contributed by atoms with van der Waals surface area (Å²) in [6.07, 6.45) is 4.33. The first-order valence-corrected chi connectivity index (χ1v) is 7.20. The molecule has 0 spiro atoms. The van der Waals surface area contributed by atoms with E-state index in [-0.39, 0.29) is 12.1 Å². The molecule has 2 atom stereocenters. The highest BCUT2D eigenvalue weighted by atomic mass is 16.7. The molecule has 1 aliphatic heterocycles. The molecule has 0 amide bonds. The average molecular weight is 286 g/mol. The van der Waals surface area contributed by atoms with Crippen molar-refractivity contribution in [3.05, 3.63) is 47.5 Å². The van der Waals surface area contributed by atoms with Crippen LogP contribution in [0, 0.1) is 0 Å². The first-order valence-electron chi connectivity index (χ1n) is 7.20. The van der Waals surface area contributed by atoms with Crippen LogP contribution in [0.2, 0.25) is 0 Å². The van der Waals surface area contributed by atoms with Crippen molar-refractivity contribution in [2.24, 2.45) is 0 Å². The van der Waals surface area contributed by atoms with Gasteiger partial charge in [-0.15, -0.1) is 0 Å². The molecule has 1 saturated heterocycles. The number of carbonyl (C=O) groups is 1. The van der Waals surface area contributed by atoms with Gasteiger partial charge in [0.2, 0.25) is 5.79 Å². The van der Waals surface area contributed by atoms with E-state index in [2.05, 4.69) is 10.8 Å². The standard InChI is InChI=1S/C12H8O2.C5H10O2/c13-12-10(14-12)6-5-9-7-3-1-2-4-8(7)11(9)12;1-3-5(6)7-4-2/h1-6,10,13H;3-4H2,1-2H3. The summed E-state index contributed by atoms with van der Waals surface area (Å²) in [6, 6.07) is 8.11. The highest BCUT2D eigenvalue weighted by Gasteiger charge is 2.61. The third-order valence-corrected chi connectivity index (χ3v) is 3.78. The van der Waals surface area contributed by atoms with E-state index in [1.807, 2.05) is 30.4 Å². The largest absolute Gasteiger partial charge is 0.466 e. The van der Waals surface area contributed by atoms with Crippen molar-refractivity contribution < 1.29 is 19.4 Å². The molecule has 110 valence electrons. The van der Waals surface area contributed by atoms with Gasteiger partial charge in [-0.2, -0.15) is 0 Å². The molecular weight excluding hydrogens is 268 g/mol. The number of allylic oxidation sites excluding steroid dienone is 2. The van der Waals surface area contributed by atoms with Crippen molar-refractivity contribution in [2.45, 2.75) is 32.2 Å². The van der Waals surface area contributed by atoms with Crippen LogP contribution >= 0.6 is 0 Å². The van der Waals surface area contributed by atoms with Crippen LogP contribution in [0.5, 0.6) is 0 Å². The van der Waals surface area contributed by atoms with Crippen molar-refractivity contribution >= 4 is 17.1 Å². The van der Waals surface area contributed by atoms with Crippen LogP contribution in [0.4, 0.5) is 0 Å². The quantitative estimate of drug-likeness (QED) is 0.670. The summed E-state index contributed by atoms with van der Waals surface area (Å²) >= 11 is 0. The predicted octanol–water partition coefficient (Wildman–Crippen LogP) is 2.53. The monoisotopic (exact) mass is 286 g/mol. The molecule has 2 unspecified atom stereocenters. The summed E-state index contributed by atoms with van der Waals surface area (Å²) in [5, 5.41) is 10.1. The van der Waals surface area contributed by atoms with Crippen LogP contribution in [0.15, 0.2) is 36.4 Å². The maximum atomic E-state index is 10.2. The fourth-order valence-corrected chi connectivity index (χ4v) is 2.69. The van der Waals surface area contributed by atoms with E-state index in [1.165, 1.54) is 5.56 Å². The molecule has 0 aromatic heterocycles. The lowest BCUT2D eigenvalue weighted by Crippen LogP contribution is -2.25. The van der Waals surface area contributed by atoms with E-state index in [1.54, 1.807) is 13.8 Å². The van der Waals surface area contributed by atoms with Crippen molar-refractivity contribution in [3.8, 4) is 0 Å². The number of fused-ring (bicyclic) bond motifs is 5. The zero-order valence-corrected chi connectivity index (χ0v) is 12.1. The lowest BCUT2D eigenvalue weighted by molar-refractivity contribution is -0.142. The van der Waals surface area contributed by atoms with E-state index >= 15 is 0 Å². The molecule has 1 N–H and O–H groups in total. The maximum Gasteiger partial charge on any atom is 0.305 e. The van der Waals surface area contributed by atoms with E-state index in [0.717, 1.165) is 16.7 Å². The molecule has 1 aromatic carbocycles. The summed E-state index contributed by atoms with van der Waals surface area (Å²) in [4.78, 5) is 10.2. The van der Waals surface area contributed by atoms with Gasteiger partial charge in [-0.05, 0) is 29.7 Å². The van der Waals surface area contributed by atoms with Gasteiger partial charge in [0.1, 0.15) is 6.10 Å². The van der Waals surface area contributed by atoms with Crippen molar-refractivity contribution in [1.82, 2.24) is 0 Å². The van der Waals surface area contributed by atoms with Gasteiger partial charge in [0.25, 0.3) is 0 Å². The SMILES string of the molecule is CCOC(=O)CC.OC12OC1C=CC1=C2c2ccccc21. The molecule has 1 heterocycles. The number of hydrogen-bond donors (Lipinski definition) is 1. The van der Waals surface area contributed by atoms with Crippen molar-refractivity contribution in [2.75, 3.05) is 6.61 Å². The second-order valence-corrected chi connectivity index (χ2v) is 5.09. The highest BCUT2D eigenvalue weighted by Crippen LogP contribution is 2.58. The minimum Gasteiger partial charge on any atom is -0.466 e. The summed E-state index contributed by atoms with van der Waals surface area (Å²) in [5.74, 6) is -1.12. The fraction of sp³-hybridized carbons (Fsp3) is 0.353. The third-order valence-electron chi connectivity index (χ3n) is 3.78. The predicted molar refractivity (Wildman–Crippen MR) is 79.1 cm³/mol. The maximum absolute atomic E-state index is 10.2. The molecule has 4 nitrogen and oxygen atoms in total. The summed E-state index contributed by atoms with van der Waals surface area (Å²) < 4.78 is 9.82. The Labute approximate surface area is 123 Å². The summed E-state index contributed by atoms with van der Waals surface area (Å²) in [6.45, 7) is 4.07. The Kier molecular flexibility index (Phi) is 3.43. The molecule has 4 heteroatoms. The van der Waals surface area contributed by atoms with Crippen LogP contribution in [0.25, 0.3) is 11.1 Å². The number of ether oxygens (including phenoxy) is 2. The fourth-order valence-electron chi connectivity index (χ4n) is 2.69. The number of hydrogen-bond acceptors (Lipinski definition) is 4. The summed E-state index contributed by atoms with van der Waals surface area (Å²) in [7, 11) is 0. The second kappa shape index (κ2) is 5.13. The first kappa shape index (κ1) is 14.0. The minimum absolute atomic E-state index is 0.116. The van der Waals surface area contributed by atoms with Crippen LogP contribution in [0.1, 0.15) is 31.4 Å². The van der Waals surface area contributed by atoms with Crippen molar-refractivity contribution in [1.29, 1.82) is 0 Å². The molecule has 21 heavy (non-hydrogen) atoms. The van der Waals surface area contributed by atoms with Crippen LogP contribution in [-0.2, 0) is 14.3 Å². The number of epoxide rings is 1. The van der Waals surface area contributed by atoms with E-state index in [9.17, 15) is 9.90 Å². The Morgan fingerprint density at radius 3 is 2.67 bits per heavy atom. The van der Waals surface area contributed by atoms with E-state index < -0.39 is 5.79 Å². The number of benzene rings is 1. The van der Waals surface area contributed by atoms with Gasteiger partial charge in [0.15, 0.2) is 0 Å². The van der Waals surface area contributed by atoms with E-state index in [0.29, 0.717) is 13.0 Å². The Balaban J connectivity index is 0.000000164. The Bertz CT molecular complexity index is 644. The van der Waals surface area contributed by atoms with Crippen LogP contribution < -0.4 is 0 Å². The van der Waals surface area contributed by atoms with Crippen molar-refractivity contribution in [3.63, 3.8) is 0 Å². The molecule has 1 fully saturated rings. The summed E-state index contributed by atoms with van der Waals surface area (Å²) in [5.41, 5.74) is 4.47. The van der Waals surface area contributed by atoms with Gasteiger partial charge in [0, 0.05) is 12.0 Å². The number of carbonyl (C=O) groups excluding carboxylic acids is 1. The lowest BCUT2D eigenvalue weighted by Gasteiger charge is -2.29. The van der Waals surface area contributed by atoms with Crippen LogP contribution in [-0.4, -0.2) is 29.6 Å². The molecule has 0 bridgehead atoms. The minimum atomic E-state index is -1.00. The zero-order chi connectivity index (χ0) is 15.0. The average Bonchev–Trinajstić information content (AvgIpc) is 3.14. The Morgan fingerprint density at radius 2 is 2.05 bits per heavy atom. The van der Waals surface area contributed by atoms with Gasteiger partial charge in [-0.25, -0.2) is 0 Å². The highest BCUT2D eigenvalue weighted by molar-refractivity contribution is 6.11. The third kappa shape index (κ3) is 2.20. The molecule has 1 aromatic rings. The van der Waals surface area contributed by atoms with Gasteiger partial charge in [-0.1, -0.05) is 37.3 Å². The Morgan fingerprint density at radius 1 is 1.33 bits per heavy atom. The zero-order valence-electron chi connectivity index (χ0n) is 12.1. The molecule has 0 saturated carbocycles. The topological polar surface area (TPSA) is 59.1 Å². The van der Waals surface area contributed by atoms with Gasteiger partial charge in [0.05, 0.1) is 6.61 Å². The smallest absolute Gasteiger partial charge is 0.305 e. The van der Waals surface area contributed by atoms with Gasteiger partial charge in [-0.3, -0.25) is 4.79 Å². The number of rotatable bonds is 2. The first-order chi connectivity index (χ1) is 10.1.